The zero-order valence-corrected chi connectivity index (χ0v) is 11.4. The third-order valence-corrected chi connectivity index (χ3v) is 2.55. The molecule has 0 aliphatic carbocycles. The van der Waals surface area contributed by atoms with Gasteiger partial charge in [-0.3, -0.25) is 14.3 Å². The summed E-state index contributed by atoms with van der Waals surface area (Å²) in [6, 6.07) is 0. The monoisotopic (exact) mass is 268 g/mol. The number of hydrogen-bond acceptors (Lipinski definition) is 5. The SMILES string of the molecule is COCCn1c(N)c(NCC=C(C)C)c(=O)[nH]c1=O. The summed E-state index contributed by atoms with van der Waals surface area (Å²) in [7, 11) is 1.53. The summed E-state index contributed by atoms with van der Waals surface area (Å²) < 4.78 is 6.17. The number of ether oxygens (including phenoxy) is 1. The minimum atomic E-state index is -0.535. The normalized spacial score (nSPS) is 10.3. The van der Waals surface area contributed by atoms with Gasteiger partial charge in [-0.15, -0.1) is 0 Å². The van der Waals surface area contributed by atoms with Crippen LogP contribution in [0.2, 0.25) is 0 Å². The van der Waals surface area contributed by atoms with Crippen molar-refractivity contribution in [2.75, 3.05) is 31.3 Å². The molecule has 4 N–H and O–H groups in total. The van der Waals surface area contributed by atoms with Crippen molar-refractivity contribution < 1.29 is 4.74 Å². The molecule has 1 rings (SSSR count). The predicted octanol–water partition coefficient (Wildman–Crippen LogP) is 0.143. The van der Waals surface area contributed by atoms with Crippen LogP contribution in [0.3, 0.4) is 0 Å². The Morgan fingerprint density at radius 1 is 1.47 bits per heavy atom. The van der Waals surface area contributed by atoms with Crippen molar-refractivity contribution in [2.45, 2.75) is 20.4 Å². The van der Waals surface area contributed by atoms with Crippen LogP contribution in [0.5, 0.6) is 0 Å². The van der Waals surface area contributed by atoms with E-state index in [1.807, 2.05) is 19.9 Å². The van der Waals surface area contributed by atoms with E-state index in [0.29, 0.717) is 13.2 Å². The lowest BCUT2D eigenvalue weighted by Crippen LogP contribution is -2.35. The topological polar surface area (TPSA) is 102 Å². The number of nitrogens with one attached hydrogen (secondary N) is 2. The fraction of sp³-hybridized carbons (Fsp3) is 0.500. The first-order valence-corrected chi connectivity index (χ1v) is 5.96. The molecule has 0 fully saturated rings. The van der Waals surface area contributed by atoms with E-state index in [-0.39, 0.29) is 18.1 Å². The van der Waals surface area contributed by atoms with Gasteiger partial charge in [0, 0.05) is 13.7 Å². The minimum Gasteiger partial charge on any atom is -0.383 e. The predicted molar refractivity (Wildman–Crippen MR) is 75.5 cm³/mol. The fourth-order valence-corrected chi connectivity index (χ4v) is 1.52. The second-order valence-corrected chi connectivity index (χ2v) is 4.33. The summed E-state index contributed by atoms with van der Waals surface area (Å²) in [4.78, 5) is 25.6. The van der Waals surface area contributed by atoms with Gasteiger partial charge in [0.25, 0.3) is 5.56 Å². The number of nitrogens with two attached hydrogens (primary N) is 1. The van der Waals surface area contributed by atoms with Crippen molar-refractivity contribution in [2.24, 2.45) is 0 Å². The Kier molecular flexibility index (Phi) is 5.37. The maximum Gasteiger partial charge on any atom is 0.330 e. The van der Waals surface area contributed by atoms with Crippen LogP contribution in [-0.2, 0) is 11.3 Å². The molecule has 0 unspecified atom stereocenters. The molecule has 0 radical (unpaired) electrons. The average Bonchev–Trinajstić information content (AvgIpc) is 2.32. The Morgan fingerprint density at radius 2 is 2.16 bits per heavy atom. The second kappa shape index (κ2) is 6.79. The van der Waals surface area contributed by atoms with Gasteiger partial charge in [-0.2, -0.15) is 0 Å². The number of aromatic nitrogens is 2. The zero-order valence-electron chi connectivity index (χ0n) is 11.4. The molecule has 0 saturated carbocycles. The molecule has 0 aliphatic rings. The number of anilines is 2. The fourth-order valence-electron chi connectivity index (χ4n) is 1.52. The summed E-state index contributed by atoms with van der Waals surface area (Å²) in [5.41, 5.74) is 6.12. The van der Waals surface area contributed by atoms with Crippen LogP contribution in [0.25, 0.3) is 0 Å². The molecule has 0 spiro atoms. The summed E-state index contributed by atoms with van der Waals surface area (Å²) >= 11 is 0. The van der Waals surface area contributed by atoms with E-state index >= 15 is 0 Å². The molecule has 1 aromatic rings. The van der Waals surface area contributed by atoms with Crippen LogP contribution in [-0.4, -0.2) is 29.8 Å². The van der Waals surface area contributed by atoms with Crippen LogP contribution in [0.1, 0.15) is 13.8 Å². The molecule has 19 heavy (non-hydrogen) atoms. The van der Waals surface area contributed by atoms with Gasteiger partial charge in [0.2, 0.25) is 0 Å². The average molecular weight is 268 g/mol. The van der Waals surface area contributed by atoms with Crippen molar-refractivity contribution >= 4 is 11.5 Å². The zero-order chi connectivity index (χ0) is 14.4. The van der Waals surface area contributed by atoms with E-state index in [9.17, 15) is 9.59 Å². The molecule has 0 atom stereocenters. The van der Waals surface area contributed by atoms with E-state index in [4.69, 9.17) is 10.5 Å². The van der Waals surface area contributed by atoms with Gasteiger partial charge in [-0.1, -0.05) is 11.6 Å². The van der Waals surface area contributed by atoms with E-state index in [1.165, 1.54) is 11.7 Å². The molecule has 0 aromatic carbocycles. The molecule has 7 nitrogen and oxygen atoms in total. The number of rotatable bonds is 6. The number of allylic oxidation sites excluding steroid dienone is 1. The van der Waals surface area contributed by atoms with Gasteiger partial charge in [0.15, 0.2) is 0 Å². The van der Waals surface area contributed by atoms with E-state index < -0.39 is 11.2 Å². The van der Waals surface area contributed by atoms with Crippen LogP contribution >= 0.6 is 0 Å². The standard InChI is InChI=1S/C12H20N4O3/c1-8(2)4-5-14-9-10(13)16(6-7-19-3)12(18)15-11(9)17/h4,14H,5-7,13H2,1-3H3,(H,15,17,18). The Labute approximate surface area is 111 Å². The highest BCUT2D eigenvalue weighted by Crippen LogP contribution is 2.09. The molecule has 1 heterocycles. The molecular weight excluding hydrogens is 248 g/mol. The van der Waals surface area contributed by atoms with Crippen molar-refractivity contribution in [3.05, 3.63) is 32.5 Å². The molecule has 7 heteroatoms. The smallest absolute Gasteiger partial charge is 0.330 e. The van der Waals surface area contributed by atoms with E-state index in [2.05, 4.69) is 10.3 Å². The van der Waals surface area contributed by atoms with Crippen molar-refractivity contribution in [1.82, 2.24) is 9.55 Å². The van der Waals surface area contributed by atoms with Crippen molar-refractivity contribution in [3.63, 3.8) is 0 Å². The van der Waals surface area contributed by atoms with Crippen LogP contribution in [0.4, 0.5) is 11.5 Å². The van der Waals surface area contributed by atoms with Gasteiger partial charge in [-0.25, -0.2) is 4.79 Å². The van der Waals surface area contributed by atoms with Gasteiger partial charge in [0.05, 0.1) is 13.2 Å². The molecular formula is C12H20N4O3. The molecule has 1 aromatic heterocycles. The molecule has 0 aliphatic heterocycles. The summed E-state index contributed by atoms with van der Waals surface area (Å²) in [5, 5.41) is 2.91. The minimum absolute atomic E-state index is 0.118. The van der Waals surface area contributed by atoms with E-state index in [1.54, 1.807) is 0 Å². The summed E-state index contributed by atoms with van der Waals surface area (Å²) in [6.45, 7) is 5.00. The first-order valence-electron chi connectivity index (χ1n) is 5.96. The lowest BCUT2D eigenvalue weighted by molar-refractivity contribution is 0.186. The van der Waals surface area contributed by atoms with Gasteiger partial charge < -0.3 is 15.8 Å². The Hall–Kier alpha value is -2.02. The Balaban J connectivity index is 3.07. The van der Waals surface area contributed by atoms with E-state index in [0.717, 1.165) is 5.57 Å². The Bertz CT molecular complexity index is 567. The third-order valence-electron chi connectivity index (χ3n) is 2.55. The van der Waals surface area contributed by atoms with Crippen LogP contribution < -0.4 is 22.3 Å². The molecule has 0 saturated heterocycles. The summed E-state index contributed by atoms with van der Waals surface area (Å²) in [5.74, 6) is 0.118. The largest absolute Gasteiger partial charge is 0.383 e. The quantitative estimate of drug-likeness (QED) is 0.637. The third kappa shape index (κ3) is 3.99. The number of aromatic amines is 1. The number of nitrogen functional groups attached to an aromatic ring is 1. The molecule has 0 bridgehead atoms. The van der Waals surface area contributed by atoms with Crippen molar-refractivity contribution in [1.29, 1.82) is 0 Å². The lowest BCUT2D eigenvalue weighted by Gasteiger charge is -2.12. The van der Waals surface area contributed by atoms with Crippen LogP contribution in [0, 0.1) is 0 Å². The first-order chi connectivity index (χ1) is 8.97. The second-order valence-electron chi connectivity index (χ2n) is 4.33. The highest BCUT2D eigenvalue weighted by atomic mass is 16.5. The maximum atomic E-state index is 11.7. The maximum absolute atomic E-state index is 11.7. The van der Waals surface area contributed by atoms with Gasteiger partial charge in [0.1, 0.15) is 11.5 Å². The first kappa shape index (κ1) is 15.0. The number of hydrogen-bond donors (Lipinski definition) is 3. The highest BCUT2D eigenvalue weighted by Gasteiger charge is 2.11. The lowest BCUT2D eigenvalue weighted by atomic mass is 10.3. The van der Waals surface area contributed by atoms with Gasteiger partial charge in [-0.05, 0) is 13.8 Å². The number of nitrogens with zero attached hydrogens (tertiary/aromatic N) is 1. The highest BCUT2D eigenvalue weighted by molar-refractivity contribution is 5.60. The molecule has 0 amide bonds. The molecule has 106 valence electrons. The van der Waals surface area contributed by atoms with Crippen LogP contribution in [0.15, 0.2) is 21.2 Å². The number of H-pyrrole nitrogens is 1. The summed E-state index contributed by atoms with van der Waals surface area (Å²) in [6.07, 6.45) is 1.92. The van der Waals surface area contributed by atoms with Gasteiger partial charge >= 0.3 is 5.69 Å². The number of methoxy groups -OCH3 is 1. The Morgan fingerprint density at radius 3 is 2.74 bits per heavy atom. The van der Waals surface area contributed by atoms with Crippen molar-refractivity contribution in [3.8, 4) is 0 Å².